The SMILES string of the molecule is Cc1ccnc(Nc2ccc(Cl)cc2I)c1C(N)=S. The topological polar surface area (TPSA) is 50.9 Å². The summed E-state index contributed by atoms with van der Waals surface area (Å²) in [5.41, 5.74) is 8.44. The van der Waals surface area contributed by atoms with Crippen LogP contribution in [0, 0.1) is 10.5 Å². The van der Waals surface area contributed by atoms with E-state index in [4.69, 9.17) is 29.6 Å². The van der Waals surface area contributed by atoms with Gasteiger partial charge < -0.3 is 11.1 Å². The molecule has 0 saturated heterocycles. The molecule has 2 aromatic rings. The molecular formula is C13H11ClIN3S. The second-order valence-corrected chi connectivity index (χ2v) is 6.00. The predicted molar refractivity (Wildman–Crippen MR) is 92.3 cm³/mol. The number of hydrogen-bond donors (Lipinski definition) is 2. The van der Waals surface area contributed by atoms with E-state index in [9.17, 15) is 0 Å². The maximum absolute atomic E-state index is 5.94. The number of anilines is 2. The van der Waals surface area contributed by atoms with E-state index in [1.54, 1.807) is 6.20 Å². The summed E-state index contributed by atoms with van der Waals surface area (Å²) in [6, 6.07) is 7.48. The number of thiocarbonyl (C=S) groups is 1. The van der Waals surface area contributed by atoms with Crippen LogP contribution in [0.2, 0.25) is 5.02 Å². The molecule has 0 atom stereocenters. The minimum absolute atomic E-state index is 0.331. The lowest BCUT2D eigenvalue weighted by Crippen LogP contribution is -2.15. The van der Waals surface area contributed by atoms with Crippen molar-refractivity contribution in [2.75, 3.05) is 5.32 Å². The second-order valence-electron chi connectivity index (χ2n) is 3.96. The van der Waals surface area contributed by atoms with Gasteiger partial charge >= 0.3 is 0 Å². The minimum Gasteiger partial charge on any atom is -0.389 e. The van der Waals surface area contributed by atoms with E-state index >= 15 is 0 Å². The zero-order chi connectivity index (χ0) is 14.0. The van der Waals surface area contributed by atoms with Crippen LogP contribution in [0.1, 0.15) is 11.1 Å². The Balaban J connectivity index is 2.44. The van der Waals surface area contributed by atoms with Crippen LogP contribution in [0.3, 0.4) is 0 Å². The predicted octanol–water partition coefficient (Wildman–Crippen LogP) is 4.03. The lowest BCUT2D eigenvalue weighted by molar-refractivity contribution is 1.26. The molecule has 2 rings (SSSR count). The van der Waals surface area contributed by atoms with Gasteiger partial charge in [-0.05, 0) is 59.3 Å². The van der Waals surface area contributed by atoms with E-state index in [0.29, 0.717) is 15.8 Å². The Labute approximate surface area is 135 Å². The van der Waals surface area contributed by atoms with Gasteiger partial charge in [0, 0.05) is 14.8 Å². The summed E-state index contributed by atoms with van der Waals surface area (Å²) in [5, 5.41) is 3.94. The molecule has 0 unspecified atom stereocenters. The van der Waals surface area contributed by atoms with Gasteiger partial charge in [-0.2, -0.15) is 0 Å². The van der Waals surface area contributed by atoms with Crippen LogP contribution in [0.4, 0.5) is 11.5 Å². The average molecular weight is 404 g/mol. The molecule has 0 aliphatic carbocycles. The minimum atomic E-state index is 0.331. The highest BCUT2D eigenvalue weighted by molar-refractivity contribution is 14.1. The van der Waals surface area contributed by atoms with Gasteiger partial charge in [0.25, 0.3) is 0 Å². The average Bonchev–Trinajstić information content (AvgIpc) is 2.32. The van der Waals surface area contributed by atoms with E-state index in [-0.39, 0.29) is 0 Å². The molecule has 1 aromatic heterocycles. The molecule has 3 N–H and O–H groups in total. The Hall–Kier alpha value is -0.920. The first-order valence-corrected chi connectivity index (χ1v) is 7.33. The molecule has 0 radical (unpaired) electrons. The third kappa shape index (κ3) is 3.34. The van der Waals surface area contributed by atoms with E-state index in [0.717, 1.165) is 20.4 Å². The van der Waals surface area contributed by atoms with Crippen molar-refractivity contribution in [3.8, 4) is 0 Å². The van der Waals surface area contributed by atoms with Gasteiger partial charge in [0.15, 0.2) is 0 Å². The molecule has 98 valence electrons. The Kier molecular flexibility index (Phi) is 4.59. The van der Waals surface area contributed by atoms with Crippen LogP contribution in [-0.4, -0.2) is 9.97 Å². The van der Waals surface area contributed by atoms with Gasteiger partial charge in [0.05, 0.1) is 11.3 Å². The fourth-order valence-electron chi connectivity index (χ4n) is 1.68. The van der Waals surface area contributed by atoms with E-state index in [1.165, 1.54) is 0 Å². The third-order valence-corrected chi connectivity index (χ3v) is 3.92. The van der Waals surface area contributed by atoms with Crippen molar-refractivity contribution in [2.24, 2.45) is 5.73 Å². The molecular weight excluding hydrogens is 393 g/mol. The van der Waals surface area contributed by atoms with Crippen molar-refractivity contribution in [1.29, 1.82) is 0 Å². The summed E-state index contributed by atoms with van der Waals surface area (Å²) < 4.78 is 1.00. The Morgan fingerprint density at radius 3 is 2.79 bits per heavy atom. The fraction of sp³-hybridized carbons (Fsp3) is 0.0769. The number of halogens is 2. The normalized spacial score (nSPS) is 10.3. The van der Waals surface area contributed by atoms with E-state index in [2.05, 4.69) is 32.9 Å². The summed E-state index contributed by atoms with van der Waals surface area (Å²) in [6.45, 7) is 1.95. The van der Waals surface area contributed by atoms with Gasteiger partial charge in [-0.1, -0.05) is 23.8 Å². The molecule has 19 heavy (non-hydrogen) atoms. The summed E-state index contributed by atoms with van der Waals surface area (Å²) in [6.07, 6.45) is 1.72. The summed E-state index contributed by atoms with van der Waals surface area (Å²) in [5.74, 6) is 0.660. The molecule has 0 aliphatic heterocycles. The van der Waals surface area contributed by atoms with Crippen LogP contribution < -0.4 is 11.1 Å². The van der Waals surface area contributed by atoms with Crippen molar-refractivity contribution in [3.63, 3.8) is 0 Å². The molecule has 6 heteroatoms. The van der Waals surface area contributed by atoms with Crippen LogP contribution in [0.15, 0.2) is 30.5 Å². The zero-order valence-electron chi connectivity index (χ0n) is 10.1. The van der Waals surface area contributed by atoms with Crippen LogP contribution >= 0.6 is 46.4 Å². The van der Waals surface area contributed by atoms with Crippen molar-refractivity contribution in [3.05, 3.63) is 50.2 Å². The Morgan fingerprint density at radius 2 is 2.16 bits per heavy atom. The number of nitrogens with zero attached hydrogens (tertiary/aromatic N) is 1. The maximum Gasteiger partial charge on any atom is 0.140 e. The first kappa shape index (κ1) is 14.5. The zero-order valence-corrected chi connectivity index (χ0v) is 13.8. The number of aromatic nitrogens is 1. The van der Waals surface area contributed by atoms with E-state index < -0.39 is 0 Å². The molecule has 0 saturated carbocycles. The number of nitrogens with two attached hydrogens (primary N) is 1. The molecule has 3 nitrogen and oxygen atoms in total. The summed E-state index contributed by atoms with van der Waals surface area (Å²) in [7, 11) is 0. The lowest BCUT2D eigenvalue weighted by Gasteiger charge is -2.13. The first-order valence-electron chi connectivity index (χ1n) is 5.46. The molecule has 0 fully saturated rings. The molecule has 0 bridgehead atoms. The van der Waals surface area contributed by atoms with Crippen molar-refractivity contribution < 1.29 is 0 Å². The second kappa shape index (κ2) is 6.02. The Bertz CT molecular complexity index is 646. The molecule has 1 aromatic carbocycles. The van der Waals surface area contributed by atoms with Crippen molar-refractivity contribution >= 4 is 62.9 Å². The molecule has 0 amide bonds. The van der Waals surface area contributed by atoms with Gasteiger partial charge in [-0.3, -0.25) is 0 Å². The van der Waals surface area contributed by atoms with E-state index in [1.807, 2.05) is 31.2 Å². The smallest absolute Gasteiger partial charge is 0.140 e. The molecule has 0 aliphatic rings. The number of pyridine rings is 1. The number of aryl methyl sites for hydroxylation is 1. The van der Waals surface area contributed by atoms with Gasteiger partial charge in [0.2, 0.25) is 0 Å². The highest BCUT2D eigenvalue weighted by atomic mass is 127. The number of nitrogens with one attached hydrogen (secondary N) is 1. The third-order valence-electron chi connectivity index (χ3n) is 2.59. The first-order chi connectivity index (χ1) is 8.99. The van der Waals surface area contributed by atoms with Crippen LogP contribution in [0.5, 0.6) is 0 Å². The summed E-state index contributed by atoms with van der Waals surface area (Å²) >= 11 is 13.2. The monoisotopic (exact) mass is 403 g/mol. The summed E-state index contributed by atoms with van der Waals surface area (Å²) in [4.78, 5) is 4.64. The fourth-order valence-corrected chi connectivity index (χ4v) is 2.95. The highest BCUT2D eigenvalue weighted by Gasteiger charge is 2.11. The van der Waals surface area contributed by atoms with Crippen LogP contribution in [-0.2, 0) is 0 Å². The highest BCUT2D eigenvalue weighted by Crippen LogP contribution is 2.27. The lowest BCUT2D eigenvalue weighted by atomic mass is 10.1. The van der Waals surface area contributed by atoms with Crippen LogP contribution in [0.25, 0.3) is 0 Å². The Morgan fingerprint density at radius 1 is 1.42 bits per heavy atom. The number of hydrogen-bond acceptors (Lipinski definition) is 3. The van der Waals surface area contributed by atoms with Gasteiger partial charge in [-0.25, -0.2) is 4.98 Å². The molecule has 0 spiro atoms. The van der Waals surface area contributed by atoms with Crippen molar-refractivity contribution in [1.82, 2.24) is 4.98 Å². The van der Waals surface area contributed by atoms with Gasteiger partial charge in [0.1, 0.15) is 10.8 Å². The van der Waals surface area contributed by atoms with Crippen molar-refractivity contribution in [2.45, 2.75) is 6.92 Å². The standard InChI is InChI=1S/C13H11ClIN3S/c1-7-4-5-17-13(11(7)12(16)19)18-10-3-2-8(14)6-9(10)15/h2-6H,1H3,(H2,16,19)(H,17,18). The quantitative estimate of drug-likeness (QED) is 0.600. The van der Waals surface area contributed by atoms with Gasteiger partial charge in [-0.15, -0.1) is 0 Å². The number of benzene rings is 1. The largest absolute Gasteiger partial charge is 0.389 e. The maximum atomic E-state index is 5.94. The number of rotatable bonds is 3. The molecule has 1 heterocycles.